The molecule has 0 bridgehead atoms. The van der Waals surface area contributed by atoms with Gasteiger partial charge >= 0.3 is 5.97 Å². The van der Waals surface area contributed by atoms with Crippen molar-refractivity contribution in [3.63, 3.8) is 0 Å². The second-order valence-corrected chi connectivity index (χ2v) is 5.10. The van der Waals surface area contributed by atoms with Gasteiger partial charge in [-0.2, -0.15) is 0 Å². The van der Waals surface area contributed by atoms with Crippen LogP contribution in [0.2, 0.25) is 0 Å². The molecule has 118 valence electrons. The number of carbonyl (C=O) groups excluding carboxylic acids is 1. The average molecular weight is 308 g/mol. The molecule has 0 N–H and O–H groups in total. The lowest BCUT2D eigenvalue weighted by molar-refractivity contribution is -0.136. The van der Waals surface area contributed by atoms with E-state index in [1.807, 2.05) is 24.3 Å². The number of hydrogen-bond donors (Lipinski definition) is 0. The third-order valence-corrected chi connectivity index (χ3v) is 3.16. The zero-order valence-electron chi connectivity index (χ0n) is 13.2. The quantitative estimate of drug-likeness (QED) is 0.434. The smallest absolute Gasteiger partial charge is 0.331 e. The Bertz CT molecular complexity index is 667. The Kier molecular flexibility index (Phi) is 6.18. The van der Waals surface area contributed by atoms with Crippen LogP contribution in [-0.2, 0) is 16.1 Å². The van der Waals surface area contributed by atoms with Gasteiger partial charge in [0.2, 0.25) is 0 Å². The maximum absolute atomic E-state index is 11.3. The van der Waals surface area contributed by atoms with Gasteiger partial charge in [-0.05, 0) is 36.3 Å². The SMILES string of the molecule is C=CCOC(=O)/C=C/c1ccc(OCc2ccc(C)cc2)cc1. The van der Waals surface area contributed by atoms with Crippen molar-refractivity contribution in [1.29, 1.82) is 0 Å². The molecule has 0 spiro atoms. The summed E-state index contributed by atoms with van der Waals surface area (Å²) in [6.07, 6.45) is 4.63. The van der Waals surface area contributed by atoms with Gasteiger partial charge in [0.05, 0.1) is 0 Å². The van der Waals surface area contributed by atoms with Gasteiger partial charge in [-0.15, -0.1) is 0 Å². The minimum absolute atomic E-state index is 0.217. The second-order valence-electron chi connectivity index (χ2n) is 5.10. The molecule has 0 aliphatic rings. The molecule has 3 heteroatoms. The Morgan fingerprint density at radius 3 is 2.43 bits per heavy atom. The molecule has 0 unspecified atom stereocenters. The van der Waals surface area contributed by atoms with E-state index >= 15 is 0 Å². The first kappa shape index (κ1) is 16.6. The van der Waals surface area contributed by atoms with E-state index in [9.17, 15) is 4.79 Å². The Morgan fingerprint density at radius 2 is 1.78 bits per heavy atom. The molecular weight excluding hydrogens is 288 g/mol. The predicted molar refractivity (Wildman–Crippen MR) is 92.1 cm³/mol. The van der Waals surface area contributed by atoms with Crippen molar-refractivity contribution in [1.82, 2.24) is 0 Å². The van der Waals surface area contributed by atoms with Gasteiger partial charge in [-0.3, -0.25) is 0 Å². The van der Waals surface area contributed by atoms with E-state index < -0.39 is 0 Å². The monoisotopic (exact) mass is 308 g/mol. The van der Waals surface area contributed by atoms with Crippen LogP contribution in [0.3, 0.4) is 0 Å². The fourth-order valence-corrected chi connectivity index (χ4v) is 1.88. The number of hydrogen-bond acceptors (Lipinski definition) is 3. The molecule has 0 saturated carbocycles. The van der Waals surface area contributed by atoms with Crippen LogP contribution in [0, 0.1) is 6.92 Å². The Labute approximate surface area is 136 Å². The van der Waals surface area contributed by atoms with Gasteiger partial charge in [0.25, 0.3) is 0 Å². The standard InChI is InChI=1S/C20H20O3/c1-3-14-22-20(21)13-10-17-8-11-19(12-9-17)23-15-18-6-4-16(2)5-7-18/h3-13H,1,14-15H2,2H3/b13-10+. The van der Waals surface area contributed by atoms with Crippen LogP contribution in [0.15, 0.2) is 67.3 Å². The summed E-state index contributed by atoms with van der Waals surface area (Å²) in [4.78, 5) is 11.3. The first-order chi connectivity index (χ1) is 11.2. The maximum atomic E-state index is 11.3. The van der Waals surface area contributed by atoms with Crippen LogP contribution in [0.4, 0.5) is 0 Å². The van der Waals surface area contributed by atoms with Crippen molar-refractivity contribution in [3.05, 3.63) is 84.0 Å². The lowest BCUT2D eigenvalue weighted by atomic mass is 10.2. The molecule has 3 nitrogen and oxygen atoms in total. The highest BCUT2D eigenvalue weighted by molar-refractivity contribution is 5.87. The molecule has 0 aromatic heterocycles. The number of benzene rings is 2. The number of aryl methyl sites for hydroxylation is 1. The van der Waals surface area contributed by atoms with E-state index in [1.165, 1.54) is 17.7 Å². The lowest BCUT2D eigenvalue weighted by Gasteiger charge is -2.07. The van der Waals surface area contributed by atoms with Crippen LogP contribution < -0.4 is 4.74 Å². The van der Waals surface area contributed by atoms with Crippen LogP contribution in [0.5, 0.6) is 5.75 Å². The van der Waals surface area contributed by atoms with Crippen molar-refractivity contribution in [3.8, 4) is 5.75 Å². The minimum Gasteiger partial charge on any atom is -0.489 e. The van der Waals surface area contributed by atoms with Crippen molar-refractivity contribution >= 4 is 12.0 Å². The zero-order chi connectivity index (χ0) is 16.5. The highest BCUT2D eigenvalue weighted by atomic mass is 16.5. The van der Waals surface area contributed by atoms with Gasteiger partial charge < -0.3 is 9.47 Å². The van der Waals surface area contributed by atoms with Crippen molar-refractivity contribution in [2.75, 3.05) is 6.61 Å². The van der Waals surface area contributed by atoms with Crippen LogP contribution >= 0.6 is 0 Å². The van der Waals surface area contributed by atoms with E-state index in [4.69, 9.17) is 9.47 Å². The average Bonchev–Trinajstić information content (AvgIpc) is 2.58. The van der Waals surface area contributed by atoms with Crippen LogP contribution in [0.1, 0.15) is 16.7 Å². The van der Waals surface area contributed by atoms with Gasteiger partial charge in [-0.1, -0.05) is 54.6 Å². The first-order valence-electron chi connectivity index (χ1n) is 7.41. The topological polar surface area (TPSA) is 35.5 Å². The summed E-state index contributed by atoms with van der Waals surface area (Å²) in [6, 6.07) is 15.8. The van der Waals surface area contributed by atoms with E-state index in [2.05, 4.69) is 37.8 Å². The number of ether oxygens (including phenoxy) is 2. The molecule has 2 aromatic rings. The Balaban J connectivity index is 1.86. The second kappa shape index (κ2) is 8.59. The predicted octanol–water partition coefficient (Wildman–Crippen LogP) is 4.32. The molecule has 23 heavy (non-hydrogen) atoms. The minimum atomic E-state index is -0.385. The third-order valence-electron chi connectivity index (χ3n) is 3.16. The van der Waals surface area contributed by atoms with Crippen molar-refractivity contribution in [2.24, 2.45) is 0 Å². The molecule has 2 rings (SSSR count). The molecule has 0 saturated heterocycles. The molecule has 0 fully saturated rings. The van der Waals surface area contributed by atoms with E-state index in [0.29, 0.717) is 6.61 Å². The van der Waals surface area contributed by atoms with Crippen LogP contribution in [0.25, 0.3) is 6.08 Å². The highest BCUT2D eigenvalue weighted by Gasteiger charge is 1.98. The third kappa shape index (κ3) is 5.83. The summed E-state index contributed by atoms with van der Waals surface area (Å²) >= 11 is 0. The first-order valence-corrected chi connectivity index (χ1v) is 7.41. The summed E-state index contributed by atoms with van der Waals surface area (Å²) in [5.41, 5.74) is 3.27. The summed E-state index contributed by atoms with van der Waals surface area (Å²) < 4.78 is 10.6. The van der Waals surface area contributed by atoms with Gasteiger partial charge in [0, 0.05) is 6.08 Å². The van der Waals surface area contributed by atoms with E-state index in [-0.39, 0.29) is 12.6 Å². The molecule has 0 aliphatic heterocycles. The zero-order valence-corrected chi connectivity index (χ0v) is 13.2. The molecule has 0 atom stereocenters. The number of carbonyl (C=O) groups is 1. The normalized spacial score (nSPS) is 10.5. The Hall–Kier alpha value is -2.81. The largest absolute Gasteiger partial charge is 0.489 e. The summed E-state index contributed by atoms with van der Waals surface area (Å²) in [5.74, 6) is 0.404. The summed E-state index contributed by atoms with van der Waals surface area (Å²) in [7, 11) is 0. The summed E-state index contributed by atoms with van der Waals surface area (Å²) in [6.45, 7) is 6.30. The summed E-state index contributed by atoms with van der Waals surface area (Å²) in [5, 5.41) is 0. The lowest BCUT2D eigenvalue weighted by Crippen LogP contribution is -1.99. The Morgan fingerprint density at radius 1 is 1.09 bits per heavy atom. The molecule has 0 aliphatic carbocycles. The fourth-order valence-electron chi connectivity index (χ4n) is 1.88. The van der Waals surface area contributed by atoms with Gasteiger partial charge in [0.1, 0.15) is 19.0 Å². The van der Waals surface area contributed by atoms with Crippen LogP contribution in [-0.4, -0.2) is 12.6 Å². The molecule has 0 amide bonds. The van der Waals surface area contributed by atoms with Crippen molar-refractivity contribution in [2.45, 2.75) is 13.5 Å². The number of rotatable bonds is 7. The highest BCUT2D eigenvalue weighted by Crippen LogP contribution is 2.15. The maximum Gasteiger partial charge on any atom is 0.331 e. The molecule has 0 radical (unpaired) electrons. The van der Waals surface area contributed by atoms with Crippen molar-refractivity contribution < 1.29 is 14.3 Å². The molecular formula is C20H20O3. The molecule has 0 heterocycles. The van der Waals surface area contributed by atoms with E-state index in [1.54, 1.807) is 6.08 Å². The van der Waals surface area contributed by atoms with E-state index in [0.717, 1.165) is 16.9 Å². The van der Waals surface area contributed by atoms with Gasteiger partial charge in [0.15, 0.2) is 0 Å². The fraction of sp³-hybridized carbons (Fsp3) is 0.150. The van der Waals surface area contributed by atoms with Gasteiger partial charge in [-0.25, -0.2) is 4.79 Å². The molecule has 2 aromatic carbocycles. The number of esters is 1.